The van der Waals surface area contributed by atoms with Gasteiger partial charge in [0.05, 0.1) is 25.6 Å². The summed E-state index contributed by atoms with van der Waals surface area (Å²) in [6.45, 7) is 3.41. The number of sulfonamides is 1. The number of rotatable bonds is 8. The van der Waals surface area contributed by atoms with E-state index < -0.39 is 10.0 Å². The number of methoxy groups -OCH3 is 2. The molecule has 10 heteroatoms. The van der Waals surface area contributed by atoms with Crippen molar-refractivity contribution in [2.45, 2.75) is 18.7 Å². The van der Waals surface area contributed by atoms with Crippen molar-refractivity contribution in [3.63, 3.8) is 0 Å². The standard InChI is InChI=1S/C16H22N4O5S/c1-10-15(11(2)20-19-10)26(22,23)18-8-7-17-16(21)12-5-6-13(24-3)14(9-12)25-4/h5-6,9,18H,7-8H2,1-4H3,(H,17,21)(H,19,20). The van der Waals surface area contributed by atoms with Gasteiger partial charge in [-0.15, -0.1) is 0 Å². The number of aryl methyl sites for hydroxylation is 2. The number of carbonyl (C=O) groups is 1. The molecule has 1 aromatic carbocycles. The first-order valence-corrected chi connectivity index (χ1v) is 9.30. The van der Waals surface area contributed by atoms with Crippen LogP contribution in [0.25, 0.3) is 0 Å². The predicted molar refractivity (Wildman–Crippen MR) is 95.1 cm³/mol. The highest BCUT2D eigenvalue weighted by molar-refractivity contribution is 7.89. The molecule has 0 spiro atoms. The number of aromatic nitrogens is 2. The van der Waals surface area contributed by atoms with Crippen molar-refractivity contribution in [3.05, 3.63) is 35.2 Å². The molecule has 0 atom stereocenters. The van der Waals surface area contributed by atoms with Crippen molar-refractivity contribution in [1.29, 1.82) is 0 Å². The highest BCUT2D eigenvalue weighted by Crippen LogP contribution is 2.27. The summed E-state index contributed by atoms with van der Waals surface area (Å²) >= 11 is 0. The molecule has 0 saturated heterocycles. The van der Waals surface area contributed by atoms with Gasteiger partial charge in [-0.1, -0.05) is 0 Å². The fourth-order valence-electron chi connectivity index (χ4n) is 2.45. The average Bonchev–Trinajstić information content (AvgIpc) is 2.97. The van der Waals surface area contributed by atoms with Crippen LogP contribution in [-0.4, -0.2) is 51.8 Å². The van der Waals surface area contributed by atoms with E-state index in [4.69, 9.17) is 9.47 Å². The third kappa shape index (κ3) is 4.33. The number of H-pyrrole nitrogens is 1. The topological polar surface area (TPSA) is 122 Å². The Morgan fingerprint density at radius 2 is 1.85 bits per heavy atom. The van der Waals surface area contributed by atoms with E-state index in [0.717, 1.165) is 0 Å². The Bertz CT molecular complexity index is 873. The first-order chi connectivity index (χ1) is 12.3. The zero-order valence-electron chi connectivity index (χ0n) is 15.0. The van der Waals surface area contributed by atoms with E-state index in [1.54, 1.807) is 32.0 Å². The molecule has 2 aromatic rings. The maximum Gasteiger partial charge on any atom is 0.251 e. The number of hydrogen-bond donors (Lipinski definition) is 3. The summed E-state index contributed by atoms with van der Waals surface area (Å²) in [5, 5.41) is 9.15. The van der Waals surface area contributed by atoms with Crippen LogP contribution >= 0.6 is 0 Å². The lowest BCUT2D eigenvalue weighted by molar-refractivity contribution is 0.0954. The second kappa shape index (κ2) is 8.19. The monoisotopic (exact) mass is 382 g/mol. The van der Waals surface area contributed by atoms with Crippen LogP contribution < -0.4 is 19.5 Å². The van der Waals surface area contributed by atoms with Gasteiger partial charge in [0.25, 0.3) is 5.91 Å². The van der Waals surface area contributed by atoms with E-state index in [0.29, 0.717) is 28.5 Å². The molecule has 0 saturated carbocycles. The predicted octanol–water partition coefficient (Wildman–Crippen LogP) is 0.752. The van der Waals surface area contributed by atoms with Crippen LogP contribution in [0.5, 0.6) is 11.5 Å². The highest BCUT2D eigenvalue weighted by atomic mass is 32.2. The Morgan fingerprint density at radius 3 is 2.42 bits per heavy atom. The van der Waals surface area contributed by atoms with E-state index in [1.807, 2.05) is 0 Å². The first kappa shape index (κ1) is 19.7. The fraction of sp³-hybridized carbons (Fsp3) is 0.375. The van der Waals surface area contributed by atoms with Crippen LogP contribution in [0.1, 0.15) is 21.7 Å². The van der Waals surface area contributed by atoms with E-state index in [-0.39, 0.29) is 23.9 Å². The van der Waals surface area contributed by atoms with Gasteiger partial charge in [-0.3, -0.25) is 9.89 Å². The Kier molecular flexibility index (Phi) is 6.22. The van der Waals surface area contributed by atoms with Gasteiger partial charge in [0.15, 0.2) is 11.5 Å². The summed E-state index contributed by atoms with van der Waals surface area (Å²) in [6.07, 6.45) is 0. The summed E-state index contributed by atoms with van der Waals surface area (Å²) in [4.78, 5) is 12.3. The second-order valence-corrected chi connectivity index (χ2v) is 7.19. The number of amides is 1. The Morgan fingerprint density at radius 1 is 1.15 bits per heavy atom. The maximum absolute atomic E-state index is 12.3. The highest BCUT2D eigenvalue weighted by Gasteiger charge is 2.21. The van der Waals surface area contributed by atoms with Crippen LogP contribution in [0.4, 0.5) is 0 Å². The van der Waals surface area contributed by atoms with Gasteiger partial charge in [-0.2, -0.15) is 5.10 Å². The Balaban J connectivity index is 1.93. The molecule has 142 valence electrons. The number of ether oxygens (including phenoxy) is 2. The summed E-state index contributed by atoms with van der Waals surface area (Å²) in [5.74, 6) is 0.607. The quantitative estimate of drug-likeness (QED) is 0.579. The molecule has 26 heavy (non-hydrogen) atoms. The summed E-state index contributed by atoms with van der Waals surface area (Å²) in [5.41, 5.74) is 1.24. The number of nitrogens with one attached hydrogen (secondary N) is 3. The molecule has 0 radical (unpaired) electrons. The first-order valence-electron chi connectivity index (χ1n) is 7.81. The van der Waals surface area contributed by atoms with E-state index in [1.165, 1.54) is 14.2 Å². The second-order valence-electron chi connectivity index (χ2n) is 5.49. The minimum Gasteiger partial charge on any atom is -0.493 e. The Labute approximate surface area is 152 Å². The van der Waals surface area contributed by atoms with Crippen LogP contribution in [0.2, 0.25) is 0 Å². The minimum absolute atomic E-state index is 0.0470. The number of hydrogen-bond acceptors (Lipinski definition) is 6. The molecule has 0 fully saturated rings. The molecule has 0 unspecified atom stereocenters. The zero-order valence-corrected chi connectivity index (χ0v) is 15.9. The maximum atomic E-state index is 12.3. The molecule has 3 N–H and O–H groups in total. The molecule has 1 heterocycles. The molecule has 2 rings (SSSR count). The van der Waals surface area contributed by atoms with Gasteiger partial charge in [-0.05, 0) is 32.0 Å². The van der Waals surface area contributed by atoms with Gasteiger partial charge in [0, 0.05) is 18.7 Å². The average molecular weight is 382 g/mol. The van der Waals surface area contributed by atoms with Gasteiger partial charge in [0.1, 0.15) is 4.90 Å². The van der Waals surface area contributed by atoms with Crippen molar-refractivity contribution in [2.24, 2.45) is 0 Å². The lowest BCUT2D eigenvalue weighted by atomic mass is 10.2. The fourth-order valence-corrected chi connectivity index (χ4v) is 3.85. The van der Waals surface area contributed by atoms with Gasteiger partial charge >= 0.3 is 0 Å². The molecule has 0 aliphatic carbocycles. The van der Waals surface area contributed by atoms with E-state index in [9.17, 15) is 13.2 Å². The van der Waals surface area contributed by atoms with Crippen LogP contribution in [-0.2, 0) is 10.0 Å². The van der Waals surface area contributed by atoms with Crippen molar-refractivity contribution >= 4 is 15.9 Å². The largest absolute Gasteiger partial charge is 0.493 e. The number of carbonyl (C=O) groups excluding carboxylic acids is 1. The molecule has 0 bridgehead atoms. The Hall–Kier alpha value is -2.59. The third-order valence-electron chi connectivity index (χ3n) is 3.68. The van der Waals surface area contributed by atoms with Gasteiger partial charge < -0.3 is 14.8 Å². The molecular formula is C16H22N4O5S. The SMILES string of the molecule is COc1ccc(C(=O)NCCNS(=O)(=O)c2c(C)n[nH]c2C)cc1OC. The van der Waals surface area contributed by atoms with Gasteiger partial charge in [-0.25, -0.2) is 13.1 Å². The minimum atomic E-state index is -3.69. The number of benzene rings is 1. The normalized spacial score (nSPS) is 11.2. The molecule has 0 aliphatic rings. The summed E-state index contributed by atoms with van der Waals surface area (Å²) < 4.78 is 37.3. The molecule has 1 aromatic heterocycles. The molecule has 9 nitrogen and oxygen atoms in total. The van der Waals surface area contributed by atoms with Crippen molar-refractivity contribution in [3.8, 4) is 11.5 Å². The van der Waals surface area contributed by atoms with Crippen molar-refractivity contribution in [1.82, 2.24) is 20.2 Å². The van der Waals surface area contributed by atoms with E-state index in [2.05, 4.69) is 20.2 Å². The zero-order chi connectivity index (χ0) is 19.3. The molecule has 1 amide bonds. The number of nitrogens with zero attached hydrogens (tertiary/aromatic N) is 1. The van der Waals surface area contributed by atoms with E-state index >= 15 is 0 Å². The molecular weight excluding hydrogens is 360 g/mol. The summed E-state index contributed by atoms with van der Waals surface area (Å²) in [6, 6.07) is 4.77. The lowest BCUT2D eigenvalue weighted by Gasteiger charge is -2.10. The van der Waals surface area contributed by atoms with Crippen LogP contribution in [0.15, 0.2) is 23.1 Å². The van der Waals surface area contributed by atoms with Crippen molar-refractivity contribution < 1.29 is 22.7 Å². The van der Waals surface area contributed by atoms with Crippen LogP contribution in [0, 0.1) is 13.8 Å². The van der Waals surface area contributed by atoms with Crippen LogP contribution in [0.3, 0.4) is 0 Å². The molecule has 0 aliphatic heterocycles. The third-order valence-corrected chi connectivity index (χ3v) is 5.40. The summed E-state index contributed by atoms with van der Waals surface area (Å²) in [7, 11) is -0.705. The van der Waals surface area contributed by atoms with Gasteiger partial charge in [0.2, 0.25) is 10.0 Å². The smallest absolute Gasteiger partial charge is 0.251 e. The van der Waals surface area contributed by atoms with Crippen molar-refractivity contribution in [2.75, 3.05) is 27.3 Å². The lowest BCUT2D eigenvalue weighted by Crippen LogP contribution is -2.35. The number of aromatic amines is 1.